The summed E-state index contributed by atoms with van der Waals surface area (Å²) in [5.74, 6) is 0. The molecule has 0 bridgehead atoms. The highest BCUT2D eigenvalue weighted by atomic mass is 16.5. The maximum Gasteiger partial charge on any atom is 0.112 e. The lowest BCUT2D eigenvalue weighted by atomic mass is 9.98. The summed E-state index contributed by atoms with van der Waals surface area (Å²) in [6, 6.07) is 10.2. The molecule has 96 valence electrons. The Kier molecular flexibility index (Phi) is 4.69. The van der Waals surface area contributed by atoms with Crippen LogP contribution in [0.25, 0.3) is 0 Å². The number of rotatable bonds is 6. The molecule has 3 nitrogen and oxygen atoms in total. The first-order valence-corrected chi connectivity index (χ1v) is 5.98. The fourth-order valence-electron chi connectivity index (χ4n) is 1.67. The Morgan fingerprint density at radius 1 is 1.18 bits per heavy atom. The highest BCUT2D eigenvalue weighted by Crippen LogP contribution is 2.17. The van der Waals surface area contributed by atoms with E-state index in [1.807, 2.05) is 32.0 Å². The summed E-state index contributed by atoms with van der Waals surface area (Å²) in [6.07, 6.45) is 1.28. The van der Waals surface area contributed by atoms with Gasteiger partial charge in [-0.2, -0.15) is 0 Å². The van der Waals surface area contributed by atoms with Gasteiger partial charge in [-0.3, -0.25) is 0 Å². The second-order valence-electron chi connectivity index (χ2n) is 5.38. The van der Waals surface area contributed by atoms with E-state index < -0.39 is 5.72 Å². The molecule has 0 heterocycles. The van der Waals surface area contributed by atoms with Gasteiger partial charge in [-0.1, -0.05) is 30.3 Å². The van der Waals surface area contributed by atoms with Crippen LogP contribution in [0.4, 0.5) is 0 Å². The fourth-order valence-corrected chi connectivity index (χ4v) is 1.67. The van der Waals surface area contributed by atoms with Crippen LogP contribution in [0.1, 0.15) is 32.8 Å². The van der Waals surface area contributed by atoms with Crippen molar-refractivity contribution in [2.24, 2.45) is 5.73 Å². The van der Waals surface area contributed by atoms with Crippen LogP contribution in [0.2, 0.25) is 0 Å². The molecule has 0 spiro atoms. The van der Waals surface area contributed by atoms with Crippen molar-refractivity contribution in [3.63, 3.8) is 0 Å². The average Bonchev–Trinajstić information content (AvgIpc) is 2.15. The quantitative estimate of drug-likeness (QED) is 0.745. The molecule has 3 N–H and O–H groups in total. The van der Waals surface area contributed by atoms with Crippen LogP contribution in [0.5, 0.6) is 0 Å². The third-order valence-electron chi connectivity index (χ3n) is 2.57. The van der Waals surface area contributed by atoms with Crippen LogP contribution < -0.4 is 5.73 Å². The first-order valence-electron chi connectivity index (χ1n) is 5.98. The normalized spacial score (nSPS) is 15.6. The van der Waals surface area contributed by atoms with Gasteiger partial charge in [0.15, 0.2) is 0 Å². The van der Waals surface area contributed by atoms with Crippen molar-refractivity contribution in [1.29, 1.82) is 0 Å². The van der Waals surface area contributed by atoms with Crippen molar-refractivity contribution < 1.29 is 9.84 Å². The van der Waals surface area contributed by atoms with Gasteiger partial charge in [-0.05, 0) is 26.3 Å². The van der Waals surface area contributed by atoms with E-state index in [1.165, 1.54) is 5.56 Å². The summed E-state index contributed by atoms with van der Waals surface area (Å²) in [7, 11) is 0. The molecule has 0 saturated carbocycles. The van der Waals surface area contributed by atoms with E-state index in [9.17, 15) is 5.11 Å². The van der Waals surface area contributed by atoms with Crippen molar-refractivity contribution in [2.75, 3.05) is 6.61 Å². The third kappa shape index (κ3) is 6.41. The lowest BCUT2D eigenvalue weighted by molar-refractivity contribution is -0.0483. The largest absolute Gasteiger partial charge is 0.376 e. The Hall–Kier alpha value is -0.900. The number of ether oxygens (including phenoxy) is 1. The summed E-state index contributed by atoms with van der Waals surface area (Å²) < 4.78 is 5.77. The standard InChI is InChI=1S/C14H23NO2/c1-13(2,17-10-9-14(3,15)16)11-12-7-5-4-6-8-12/h4-8,16H,9-11,15H2,1-3H3. The molecule has 0 fully saturated rings. The molecule has 17 heavy (non-hydrogen) atoms. The van der Waals surface area contributed by atoms with Crippen LogP contribution in [0.3, 0.4) is 0 Å². The Morgan fingerprint density at radius 3 is 2.29 bits per heavy atom. The van der Waals surface area contributed by atoms with Crippen LogP contribution in [-0.4, -0.2) is 23.0 Å². The van der Waals surface area contributed by atoms with Crippen LogP contribution in [0, 0.1) is 0 Å². The summed E-state index contributed by atoms with van der Waals surface area (Å²) in [6.45, 7) is 6.14. The molecule has 0 aliphatic heterocycles. The summed E-state index contributed by atoms with van der Waals surface area (Å²) >= 11 is 0. The van der Waals surface area contributed by atoms with Gasteiger partial charge in [0.2, 0.25) is 0 Å². The predicted molar refractivity (Wildman–Crippen MR) is 69.6 cm³/mol. The van der Waals surface area contributed by atoms with Gasteiger partial charge in [0, 0.05) is 12.8 Å². The SMILES string of the molecule is CC(N)(O)CCOC(C)(C)Cc1ccccc1. The number of nitrogens with two attached hydrogens (primary N) is 1. The maximum absolute atomic E-state index is 9.40. The molecule has 1 aromatic carbocycles. The summed E-state index contributed by atoms with van der Waals surface area (Å²) in [4.78, 5) is 0. The smallest absolute Gasteiger partial charge is 0.112 e. The van der Waals surface area contributed by atoms with Crippen LogP contribution in [-0.2, 0) is 11.2 Å². The first kappa shape index (κ1) is 14.2. The van der Waals surface area contributed by atoms with Crippen molar-refractivity contribution in [1.82, 2.24) is 0 Å². The zero-order chi connectivity index (χ0) is 12.9. The highest BCUT2D eigenvalue weighted by molar-refractivity contribution is 5.16. The van der Waals surface area contributed by atoms with E-state index in [0.717, 1.165) is 6.42 Å². The zero-order valence-electron chi connectivity index (χ0n) is 10.9. The molecular formula is C14H23NO2. The monoisotopic (exact) mass is 237 g/mol. The molecule has 0 amide bonds. The Bertz CT molecular complexity index is 328. The topological polar surface area (TPSA) is 55.5 Å². The first-order chi connectivity index (χ1) is 7.79. The Balaban J connectivity index is 2.41. The van der Waals surface area contributed by atoms with E-state index in [2.05, 4.69) is 12.1 Å². The molecule has 3 heteroatoms. The number of benzene rings is 1. The van der Waals surface area contributed by atoms with Gasteiger partial charge < -0.3 is 15.6 Å². The van der Waals surface area contributed by atoms with Gasteiger partial charge in [-0.25, -0.2) is 0 Å². The molecule has 0 aliphatic rings. The van der Waals surface area contributed by atoms with E-state index in [0.29, 0.717) is 13.0 Å². The van der Waals surface area contributed by atoms with Crippen molar-refractivity contribution >= 4 is 0 Å². The Morgan fingerprint density at radius 2 is 1.76 bits per heavy atom. The number of hydrogen-bond acceptors (Lipinski definition) is 3. The highest BCUT2D eigenvalue weighted by Gasteiger charge is 2.21. The molecule has 1 rings (SSSR count). The number of hydrogen-bond donors (Lipinski definition) is 2. The number of aliphatic hydroxyl groups is 1. The van der Waals surface area contributed by atoms with Gasteiger partial charge >= 0.3 is 0 Å². The predicted octanol–water partition coefficient (Wildman–Crippen LogP) is 2.08. The van der Waals surface area contributed by atoms with E-state index in [-0.39, 0.29) is 5.60 Å². The van der Waals surface area contributed by atoms with Crippen LogP contribution in [0.15, 0.2) is 30.3 Å². The van der Waals surface area contributed by atoms with E-state index >= 15 is 0 Å². The van der Waals surface area contributed by atoms with Crippen molar-refractivity contribution in [3.8, 4) is 0 Å². The summed E-state index contributed by atoms with van der Waals surface area (Å²) in [5.41, 5.74) is 5.35. The molecule has 1 atom stereocenters. The molecular weight excluding hydrogens is 214 g/mol. The molecule has 1 unspecified atom stereocenters. The van der Waals surface area contributed by atoms with Gasteiger partial charge in [0.05, 0.1) is 12.2 Å². The fraction of sp³-hybridized carbons (Fsp3) is 0.571. The lowest BCUT2D eigenvalue weighted by Gasteiger charge is -2.27. The molecule has 0 aliphatic carbocycles. The van der Waals surface area contributed by atoms with Gasteiger partial charge in [0.1, 0.15) is 5.72 Å². The zero-order valence-corrected chi connectivity index (χ0v) is 10.9. The minimum absolute atomic E-state index is 0.243. The van der Waals surface area contributed by atoms with Gasteiger partial charge in [0.25, 0.3) is 0 Å². The van der Waals surface area contributed by atoms with E-state index in [1.54, 1.807) is 6.92 Å². The molecule has 0 saturated heterocycles. The minimum atomic E-state index is -1.15. The molecule has 0 radical (unpaired) electrons. The van der Waals surface area contributed by atoms with Crippen molar-refractivity contribution in [3.05, 3.63) is 35.9 Å². The Labute approximate surface area is 104 Å². The average molecular weight is 237 g/mol. The molecule has 1 aromatic rings. The maximum atomic E-state index is 9.40. The lowest BCUT2D eigenvalue weighted by Crippen LogP contribution is -2.38. The summed E-state index contributed by atoms with van der Waals surface area (Å²) in [5, 5.41) is 9.40. The van der Waals surface area contributed by atoms with Crippen LogP contribution >= 0.6 is 0 Å². The second-order valence-corrected chi connectivity index (χ2v) is 5.38. The third-order valence-corrected chi connectivity index (χ3v) is 2.57. The van der Waals surface area contributed by atoms with Gasteiger partial charge in [-0.15, -0.1) is 0 Å². The molecule has 0 aromatic heterocycles. The second kappa shape index (κ2) is 5.63. The van der Waals surface area contributed by atoms with E-state index in [4.69, 9.17) is 10.5 Å². The van der Waals surface area contributed by atoms with Crippen molar-refractivity contribution in [2.45, 2.75) is 44.9 Å². The minimum Gasteiger partial charge on any atom is -0.376 e.